The molecule has 1 aromatic rings. The Morgan fingerprint density at radius 3 is 2.81 bits per heavy atom. The molecule has 1 rings (SSSR count). The van der Waals surface area contributed by atoms with Gasteiger partial charge in [0.15, 0.2) is 0 Å². The Kier molecular flexibility index (Phi) is 5.29. The van der Waals surface area contributed by atoms with E-state index in [1.807, 2.05) is 30.3 Å². The average molecular weight is 216 g/mol. The summed E-state index contributed by atoms with van der Waals surface area (Å²) in [7, 11) is 1.27. The summed E-state index contributed by atoms with van der Waals surface area (Å²) in [5.74, 6) is 5.77. The summed E-state index contributed by atoms with van der Waals surface area (Å²) in [6.45, 7) is 0.163. The molecule has 0 spiro atoms. The van der Waals surface area contributed by atoms with Crippen molar-refractivity contribution in [3.63, 3.8) is 0 Å². The second-order valence-corrected chi connectivity index (χ2v) is 2.80. The van der Waals surface area contributed by atoms with Crippen LogP contribution in [0.15, 0.2) is 42.5 Å². The molecule has 0 saturated carbocycles. The lowest BCUT2D eigenvalue weighted by molar-refractivity contribution is 0.0818. The van der Waals surface area contributed by atoms with Crippen LogP contribution in [0.3, 0.4) is 0 Å². The number of hydrogen-bond donors (Lipinski definition) is 0. The van der Waals surface area contributed by atoms with Gasteiger partial charge in [0.2, 0.25) is 0 Å². The van der Waals surface area contributed by atoms with E-state index in [4.69, 9.17) is 0 Å². The molecular formula is C13H12O3. The highest BCUT2D eigenvalue weighted by molar-refractivity contribution is 5.59. The Morgan fingerprint density at radius 2 is 2.12 bits per heavy atom. The smallest absolute Gasteiger partial charge is 0.438 e. The second kappa shape index (κ2) is 7.13. The van der Waals surface area contributed by atoms with Gasteiger partial charge in [0.1, 0.15) is 6.61 Å². The van der Waals surface area contributed by atoms with Crippen molar-refractivity contribution >= 4 is 6.16 Å². The van der Waals surface area contributed by atoms with Crippen molar-refractivity contribution in [2.45, 2.75) is 0 Å². The zero-order valence-electron chi connectivity index (χ0n) is 8.97. The molecule has 0 N–H and O–H groups in total. The van der Waals surface area contributed by atoms with E-state index < -0.39 is 6.16 Å². The van der Waals surface area contributed by atoms with Crippen LogP contribution in [-0.2, 0) is 9.47 Å². The first-order valence-electron chi connectivity index (χ1n) is 4.75. The van der Waals surface area contributed by atoms with E-state index in [9.17, 15) is 4.79 Å². The molecule has 0 bridgehead atoms. The maximum atomic E-state index is 10.6. The van der Waals surface area contributed by atoms with Crippen LogP contribution in [0, 0.1) is 11.8 Å². The summed E-state index contributed by atoms with van der Waals surface area (Å²) in [5.41, 5.74) is 0.945. The largest absolute Gasteiger partial charge is 0.508 e. The summed E-state index contributed by atoms with van der Waals surface area (Å²) >= 11 is 0. The molecule has 0 radical (unpaired) electrons. The van der Waals surface area contributed by atoms with Gasteiger partial charge in [-0.25, -0.2) is 4.79 Å². The fourth-order valence-corrected chi connectivity index (χ4v) is 0.929. The van der Waals surface area contributed by atoms with E-state index in [1.165, 1.54) is 7.11 Å². The molecule has 0 amide bonds. The number of rotatable bonds is 2. The van der Waals surface area contributed by atoms with Crippen molar-refractivity contribution in [2.75, 3.05) is 13.7 Å². The number of hydrogen-bond acceptors (Lipinski definition) is 3. The molecule has 0 aliphatic heterocycles. The molecule has 0 aliphatic rings. The highest BCUT2D eigenvalue weighted by atomic mass is 16.7. The van der Waals surface area contributed by atoms with Gasteiger partial charge >= 0.3 is 6.16 Å². The molecule has 82 valence electrons. The SMILES string of the molecule is COC(=O)OCC=CC#Cc1ccccc1. The minimum absolute atomic E-state index is 0.163. The standard InChI is InChI=1S/C13H12O3/c1-15-13(14)16-11-7-3-6-10-12-8-4-2-5-9-12/h2-5,7-9H,11H2,1H3. The van der Waals surface area contributed by atoms with Crippen molar-refractivity contribution < 1.29 is 14.3 Å². The third kappa shape index (κ3) is 4.87. The van der Waals surface area contributed by atoms with Crippen molar-refractivity contribution in [3.8, 4) is 11.8 Å². The molecule has 0 atom stereocenters. The van der Waals surface area contributed by atoms with E-state index in [2.05, 4.69) is 21.3 Å². The Hall–Kier alpha value is -2.21. The number of carbonyl (C=O) groups excluding carboxylic acids is 1. The lowest BCUT2D eigenvalue weighted by atomic mass is 10.2. The summed E-state index contributed by atoms with van der Waals surface area (Å²) in [6.07, 6.45) is 2.59. The third-order valence-electron chi connectivity index (χ3n) is 1.66. The quantitative estimate of drug-likeness (QED) is 0.562. The average Bonchev–Trinajstić information content (AvgIpc) is 2.34. The van der Waals surface area contributed by atoms with Crippen LogP contribution in [0.1, 0.15) is 5.56 Å². The Labute approximate surface area is 94.7 Å². The van der Waals surface area contributed by atoms with E-state index in [1.54, 1.807) is 12.2 Å². The predicted octanol–water partition coefficient (Wildman–Crippen LogP) is 2.38. The van der Waals surface area contributed by atoms with Gasteiger partial charge in [0, 0.05) is 5.56 Å². The van der Waals surface area contributed by atoms with Gasteiger partial charge in [-0.15, -0.1) is 0 Å². The number of carbonyl (C=O) groups is 1. The molecule has 16 heavy (non-hydrogen) atoms. The molecule has 3 heteroatoms. The first-order chi connectivity index (χ1) is 7.83. The summed E-state index contributed by atoms with van der Waals surface area (Å²) in [4.78, 5) is 10.6. The molecule has 0 unspecified atom stereocenters. The van der Waals surface area contributed by atoms with E-state index in [-0.39, 0.29) is 6.61 Å². The zero-order valence-corrected chi connectivity index (χ0v) is 8.97. The first kappa shape index (κ1) is 11.9. The lowest BCUT2D eigenvalue weighted by Crippen LogP contribution is -2.03. The van der Waals surface area contributed by atoms with Crippen molar-refractivity contribution in [1.29, 1.82) is 0 Å². The number of ether oxygens (including phenoxy) is 2. The highest BCUT2D eigenvalue weighted by Gasteiger charge is 1.94. The summed E-state index contributed by atoms with van der Waals surface area (Å²) in [6, 6.07) is 9.63. The van der Waals surface area contributed by atoms with Gasteiger partial charge in [0.25, 0.3) is 0 Å². The van der Waals surface area contributed by atoms with Gasteiger partial charge in [-0.1, -0.05) is 30.0 Å². The summed E-state index contributed by atoms with van der Waals surface area (Å²) in [5, 5.41) is 0. The minimum atomic E-state index is -0.694. The first-order valence-corrected chi connectivity index (χ1v) is 4.75. The number of benzene rings is 1. The van der Waals surface area contributed by atoms with E-state index in [0.717, 1.165) is 5.56 Å². The normalized spacial score (nSPS) is 9.31. The molecule has 0 aliphatic carbocycles. The fourth-order valence-electron chi connectivity index (χ4n) is 0.929. The number of methoxy groups -OCH3 is 1. The monoisotopic (exact) mass is 216 g/mol. The minimum Gasteiger partial charge on any atom is -0.438 e. The molecular weight excluding hydrogens is 204 g/mol. The third-order valence-corrected chi connectivity index (χ3v) is 1.66. The summed E-state index contributed by atoms with van der Waals surface area (Å²) < 4.78 is 8.92. The number of allylic oxidation sites excluding steroid dienone is 1. The van der Waals surface area contributed by atoms with Gasteiger partial charge in [0.05, 0.1) is 7.11 Å². The highest BCUT2D eigenvalue weighted by Crippen LogP contribution is 1.94. The van der Waals surface area contributed by atoms with Crippen LogP contribution in [0.2, 0.25) is 0 Å². The van der Waals surface area contributed by atoms with Gasteiger partial charge in [-0.2, -0.15) is 0 Å². The molecule has 1 aromatic carbocycles. The maximum Gasteiger partial charge on any atom is 0.508 e. The van der Waals surface area contributed by atoms with Crippen molar-refractivity contribution in [2.24, 2.45) is 0 Å². The predicted molar refractivity (Wildman–Crippen MR) is 60.8 cm³/mol. The Morgan fingerprint density at radius 1 is 1.38 bits per heavy atom. The van der Waals surface area contributed by atoms with Crippen molar-refractivity contribution in [1.82, 2.24) is 0 Å². The van der Waals surface area contributed by atoms with Crippen LogP contribution in [0.25, 0.3) is 0 Å². The van der Waals surface area contributed by atoms with Gasteiger partial charge in [-0.05, 0) is 24.3 Å². The molecule has 3 nitrogen and oxygen atoms in total. The Bertz CT molecular complexity index is 410. The van der Waals surface area contributed by atoms with Crippen LogP contribution in [0.4, 0.5) is 4.79 Å². The molecule has 0 heterocycles. The maximum absolute atomic E-state index is 10.6. The van der Waals surface area contributed by atoms with Crippen LogP contribution >= 0.6 is 0 Å². The Balaban J connectivity index is 2.32. The topological polar surface area (TPSA) is 35.5 Å². The molecule has 0 saturated heterocycles. The zero-order chi connectivity index (χ0) is 11.6. The van der Waals surface area contributed by atoms with Gasteiger partial charge in [-0.3, -0.25) is 0 Å². The van der Waals surface area contributed by atoms with Crippen molar-refractivity contribution in [3.05, 3.63) is 48.0 Å². The van der Waals surface area contributed by atoms with E-state index >= 15 is 0 Å². The second-order valence-electron chi connectivity index (χ2n) is 2.80. The lowest BCUT2D eigenvalue weighted by Gasteiger charge is -1.96. The fraction of sp³-hybridized carbons (Fsp3) is 0.154. The van der Waals surface area contributed by atoms with E-state index in [0.29, 0.717) is 0 Å². The van der Waals surface area contributed by atoms with Crippen LogP contribution in [0.5, 0.6) is 0 Å². The molecule has 0 fully saturated rings. The van der Waals surface area contributed by atoms with Crippen LogP contribution < -0.4 is 0 Å². The van der Waals surface area contributed by atoms with Crippen LogP contribution in [-0.4, -0.2) is 19.9 Å². The van der Waals surface area contributed by atoms with Gasteiger partial charge < -0.3 is 9.47 Å². The molecule has 0 aromatic heterocycles.